The van der Waals surface area contributed by atoms with Crippen LogP contribution in [0.15, 0.2) is 59.4 Å². The third-order valence-corrected chi connectivity index (χ3v) is 4.37. The van der Waals surface area contributed by atoms with Gasteiger partial charge in [-0.25, -0.2) is 0 Å². The van der Waals surface area contributed by atoms with Crippen molar-refractivity contribution in [3.05, 3.63) is 64.8 Å². The molecule has 1 unspecified atom stereocenters. The third kappa shape index (κ3) is 2.55. The lowest BCUT2D eigenvalue weighted by atomic mass is 10.2. The fraction of sp³-hybridized carbons (Fsp3) is 0.118. The Labute approximate surface area is 125 Å². The fourth-order valence-electron chi connectivity index (χ4n) is 2.09. The topological polar surface area (TPSA) is 46.5 Å². The standard InChI is InChI=1S/C17H14O3S/c1-10(2)17(19)20-11-7-8-15-13(9-11)16(18)12-5-3-4-6-14(12)21-15/h3-9,17,19H,1H2,2H3. The molecule has 0 amide bonds. The van der Waals surface area contributed by atoms with Gasteiger partial charge in [0.25, 0.3) is 0 Å². The maximum atomic E-state index is 12.5. The summed E-state index contributed by atoms with van der Waals surface area (Å²) in [5.74, 6) is 0.456. The van der Waals surface area contributed by atoms with Crippen LogP contribution < -0.4 is 10.2 Å². The van der Waals surface area contributed by atoms with Gasteiger partial charge in [-0.05, 0) is 42.8 Å². The van der Waals surface area contributed by atoms with Crippen LogP contribution in [0.1, 0.15) is 6.92 Å². The van der Waals surface area contributed by atoms with Crippen LogP contribution in [0.2, 0.25) is 0 Å². The molecule has 0 saturated heterocycles. The Morgan fingerprint density at radius 2 is 1.90 bits per heavy atom. The average Bonchev–Trinajstić information content (AvgIpc) is 2.48. The van der Waals surface area contributed by atoms with Gasteiger partial charge < -0.3 is 9.84 Å². The van der Waals surface area contributed by atoms with Crippen molar-refractivity contribution >= 4 is 31.5 Å². The van der Waals surface area contributed by atoms with Gasteiger partial charge in [0, 0.05) is 20.2 Å². The molecule has 0 aliphatic heterocycles. The van der Waals surface area contributed by atoms with Crippen LogP contribution in [0.3, 0.4) is 0 Å². The average molecular weight is 298 g/mol. The number of ether oxygens (including phenoxy) is 1. The molecule has 0 radical (unpaired) electrons. The first-order valence-corrected chi connectivity index (χ1v) is 7.33. The first kappa shape index (κ1) is 13.8. The zero-order valence-electron chi connectivity index (χ0n) is 11.5. The molecule has 1 atom stereocenters. The molecule has 21 heavy (non-hydrogen) atoms. The van der Waals surface area contributed by atoms with Crippen molar-refractivity contribution in [2.24, 2.45) is 0 Å². The molecule has 2 aromatic carbocycles. The van der Waals surface area contributed by atoms with Gasteiger partial charge in [-0.1, -0.05) is 18.7 Å². The van der Waals surface area contributed by atoms with Gasteiger partial charge in [0.05, 0.1) is 0 Å². The van der Waals surface area contributed by atoms with Crippen LogP contribution in [0, 0.1) is 0 Å². The summed E-state index contributed by atoms with van der Waals surface area (Å²) in [5, 5.41) is 11.0. The second kappa shape index (κ2) is 5.31. The lowest BCUT2D eigenvalue weighted by Crippen LogP contribution is -2.16. The third-order valence-electron chi connectivity index (χ3n) is 3.22. The van der Waals surface area contributed by atoms with Gasteiger partial charge in [-0.15, -0.1) is 11.3 Å². The van der Waals surface area contributed by atoms with E-state index in [4.69, 9.17) is 4.74 Å². The van der Waals surface area contributed by atoms with Gasteiger partial charge in [0.1, 0.15) is 5.75 Å². The normalized spacial score (nSPS) is 12.5. The molecule has 1 heterocycles. The van der Waals surface area contributed by atoms with E-state index in [1.807, 2.05) is 30.3 Å². The smallest absolute Gasteiger partial charge is 0.219 e. The number of aliphatic hydroxyl groups excluding tert-OH is 1. The number of fused-ring (bicyclic) bond motifs is 2. The molecular weight excluding hydrogens is 284 g/mol. The number of aliphatic hydroxyl groups is 1. The highest BCUT2D eigenvalue weighted by molar-refractivity contribution is 7.24. The Kier molecular flexibility index (Phi) is 3.49. The van der Waals surface area contributed by atoms with Crippen molar-refractivity contribution in [3.8, 4) is 5.75 Å². The summed E-state index contributed by atoms with van der Waals surface area (Å²) in [7, 11) is 0. The van der Waals surface area contributed by atoms with E-state index >= 15 is 0 Å². The monoisotopic (exact) mass is 298 g/mol. The molecule has 0 aliphatic carbocycles. The minimum atomic E-state index is -1.07. The summed E-state index contributed by atoms with van der Waals surface area (Å²) < 4.78 is 7.24. The van der Waals surface area contributed by atoms with Crippen LogP contribution in [0.4, 0.5) is 0 Å². The second-order valence-electron chi connectivity index (χ2n) is 4.90. The minimum absolute atomic E-state index is 0.0189. The van der Waals surface area contributed by atoms with Crippen molar-refractivity contribution in [1.82, 2.24) is 0 Å². The Hall–Kier alpha value is -2.17. The van der Waals surface area contributed by atoms with Crippen molar-refractivity contribution < 1.29 is 9.84 Å². The Bertz CT molecular complexity index is 895. The van der Waals surface area contributed by atoms with Crippen molar-refractivity contribution in [3.63, 3.8) is 0 Å². The molecule has 0 saturated carbocycles. The van der Waals surface area contributed by atoms with E-state index in [9.17, 15) is 9.90 Å². The van der Waals surface area contributed by atoms with Crippen LogP contribution in [-0.2, 0) is 0 Å². The van der Waals surface area contributed by atoms with Gasteiger partial charge in [-0.2, -0.15) is 0 Å². The highest BCUT2D eigenvalue weighted by atomic mass is 32.1. The quantitative estimate of drug-likeness (QED) is 0.456. The highest BCUT2D eigenvalue weighted by Crippen LogP contribution is 2.27. The molecule has 0 aliphatic rings. The van der Waals surface area contributed by atoms with E-state index < -0.39 is 6.29 Å². The first-order chi connectivity index (χ1) is 10.1. The maximum absolute atomic E-state index is 12.5. The van der Waals surface area contributed by atoms with Crippen molar-refractivity contribution in [1.29, 1.82) is 0 Å². The SMILES string of the molecule is C=C(C)C(O)Oc1ccc2sc3ccccc3c(=O)c2c1. The van der Waals surface area contributed by atoms with E-state index in [2.05, 4.69) is 6.58 Å². The van der Waals surface area contributed by atoms with Crippen LogP contribution >= 0.6 is 11.3 Å². The van der Waals surface area contributed by atoms with E-state index in [1.165, 1.54) is 0 Å². The van der Waals surface area contributed by atoms with E-state index in [1.54, 1.807) is 30.4 Å². The highest BCUT2D eigenvalue weighted by Gasteiger charge is 2.10. The Morgan fingerprint density at radius 3 is 2.67 bits per heavy atom. The van der Waals surface area contributed by atoms with Gasteiger partial charge >= 0.3 is 0 Å². The largest absolute Gasteiger partial charge is 0.461 e. The summed E-state index contributed by atoms with van der Waals surface area (Å²) in [6, 6.07) is 12.8. The van der Waals surface area contributed by atoms with E-state index in [0.29, 0.717) is 22.1 Å². The molecule has 1 N–H and O–H groups in total. The second-order valence-corrected chi connectivity index (χ2v) is 5.99. The molecule has 3 aromatic rings. The molecule has 0 bridgehead atoms. The lowest BCUT2D eigenvalue weighted by molar-refractivity contribution is 0.0152. The van der Waals surface area contributed by atoms with Crippen LogP contribution in [0.5, 0.6) is 5.75 Å². The lowest BCUT2D eigenvalue weighted by Gasteiger charge is -2.13. The van der Waals surface area contributed by atoms with Crippen molar-refractivity contribution in [2.75, 3.05) is 0 Å². The summed E-state index contributed by atoms with van der Waals surface area (Å²) in [5.41, 5.74) is 0.494. The van der Waals surface area contributed by atoms with Crippen LogP contribution in [0.25, 0.3) is 20.2 Å². The zero-order chi connectivity index (χ0) is 15.0. The number of rotatable bonds is 3. The summed E-state index contributed by atoms with van der Waals surface area (Å²) >= 11 is 1.56. The summed E-state index contributed by atoms with van der Waals surface area (Å²) in [6.07, 6.45) is -1.07. The number of hydrogen-bond acceptors (Lipinski definition) is 4. The number of hydrogen-bond donors (Lipinski definition) is 1. The molecule has 106 valence electrons. The van der Waals surface area contributed by atoms with E-state index in [0.717, 1.165) is 9.40 Å². The predicted molar refractivity (Wildman–Crippen MR) is 87.0 cm³/mol. The Balaban J connectivity index is 2.17. The summed E-state index contributed by atoms with van der Waals surface area (Å²) in [6.45, 7) is 5.32. The van der Waals surface area contributed by atoms with Gasteiger partial charge in [-0.3, -0.25) is 4.79 Å². The van der Waals surface area contributed by atoms with Gasteiger partial charge in [0.2, 0.25) is 6.29 Å². The molecule has 4 heteroatoms. The predicted octanol–water partition coefficient (Wildman–Crippen LogP) is 3.69. The molecule has 3 nitrogen and oxygen atoms in total. The van der Waals surface area contributed by atoms with E-state index in [-0.39, 0.29) is 5.43 Å². The first-order valence-electron chi connectivity index (χ1n) is 6.52. The zero-order valence-corrected chi connectivity index (χ0v) is 12.3. The Morgan fingerprint density at radius 1 is 1.19 bits per heavy atom. The molecular formula is C17H14O3S. The van der Waals surface area contributed by atoms with Gasteiger partial charge in [0.15, 0.2) is 5.43 Å². The molecule has 1 aromatic heterocycles. The summed E-state index contributed by atoms with van der Waals surface area (Å²) in [4.78, 5) is 12.5. The molecule has 0 spiro atoms. The van der Waals surface area contributed by atoms with Crippen molar-refractivity contribution in [2.45, 2.75) is 13.2 Å². The fourth-order valence-corrected chi connectivity index (χ4v) is 3.14. The maximum Gasteiger partial charge on any atom is 0.219 e. The van der Waals surface area contributed by atoms with Crippen LogP contribution in [-0.4, -0.2) is 11.4 Å². The molecule has 3 rings (SSSR count). The molecule has 0 fully saturated rings. The minimum Gasteiger partial charge on any atom is -0.461 e. The number of benzene rings is 2.